The van der Waals surface area contributed by atoms with Crippen molar-refractivity contribution < 1.29 is 9.53 Å². The van der Waals surface area contributed by atoms with Crippen molar-refractivity contribution in [3.63, 3.8) is 0 Å². The number of rotatable bonds is 6. The molecule has 150 valence electrons. The molecular formula is C23H31N3O2. The Hall–Kier alpha value is -2.69. The van der Waals surface area contributed by atoms with E-state index in [0.717, 1.165) is 41.6 Å². The van der Waals surface area contributed by atoms with Gasteiger partial charge in [0, 0.05) is 24.5 Å². The number of hydrogen-bond donors (Lipinski definition) is 2. The molecule has 28 heavy (non-hydrogen) atoms. The first kappa shape index (κ1) is 20.1. The molecule has 0 spiro atoms. The van der Waals surface area contributed by atoms with Crippen LogP contribution in [0.3, 0.4) is 0 Å². The number of urea groups is 1. The second-order valence-electron chi connectivity index (χ2n) is 7.67. The molecule has 0 unspecified atom stereocenters. The fourth-order valence-corrected chi connectivity index (χ4v) is 3.54. The SMILES string of the molecule is Cc1cccc(C)c1OCCNC(=O)Nc1ccc(N2CCC(C)CC2)cc1. The lowest BCUT2D eigenvalue weighted by Crippen LogP contribution is -2.33. The van der Waals surface area contributed by atoms with Gasteiger partial charge in [-0.2, -0.15) is 0 Å². The summed E-state index contributed by atoms with van der Waals surface area (Å²) in [5.41, 5.74) is 4.22. The number of benzene rings is 2. The number of carbonyl (C=O) groups is 1. The third kappa shape index (κ3) is 5.41. The van der Waals surface area contributed by atoms with Crippen LogP contribution in [0, 0.1) is 19.8 Å². The van der Waals surface area contributed by atoms with Crippen molar-refractivity contribution in [2.45, 2.75) is 33.6 Å². The summed E-state index contributed by atoms with van der Waals surface area (Å²) in [5.74, 6) is 1.71. The Morgan fingerprint density at radius 1 is 1.07 bits per heavy atom. The summed E-state index contributed by atoms with van der Waals surface area (Å²) in [4.78, 5) is 14.5. The van der Waals surface area contributed by atoms with E-state index in [1.165, 1.54) is 18.5 Å². The number of aryl methyl sites for hydroxylation is 2. The highest BCUT2D eigenvalue weighted by Gasteiger charge is 2.15. The molecule has 0 aromatic heterocycles. The third-order valence-corrected chi connectivity index (χ3v) is 5.32. The van der Waals surface area contributed by atoms with Gasteiger partial charge in [-0.15, -0.1) is 0 Å². The zero-order valence-electron chi connectivity index (χ0n) is 17.1. The molecule has 5 heteroatoms. The van der Waals surface area contributed by atoms with Crippen LogP contribution in [0.5, 0.6) is 5.75 Å². The van der Waals surface area contributed by atoms with Gasteiger partial charge in [0.15, 0.2) is 0 Å². The first-order valence-electron chi connectivity index (χ1n) is 10.1. The highest BCUT2D eigenvalue weighted by Crippen LogP contribution is 2.24. The van der Waals surface area contributed by atoms with E-state index in [1.54, 1.807) is 0 Å². The standard InChI is InChI=1S/C23H31N3O2/c1-17-11-14-26(15-12-17)21-9-7-20(8-10-21)25-23(27)24-13-16-28-22-18(2)5-4-6-19(22)3/h4-10,17H,11-16H2,1-3H3,(H2,24,25,27). The zero-order chi connectivity index (χ0) is 19.9. The Morgan fingerprint density at radius 3 is 2.36 bits per heavy atom. The molecule has 3 rings (SSSR count). The maximum Gasteiger partial charge on any atom is 0.319 e. The summed E-state index contributed by atoms with van der Waals surface area (Å²) in [6.07, 6.45) is 2.49. The van der Waals surface area contributed by atoms with E-state index in [1.807, 2.05) is 44.2 Å². The summed E-state index contributed by atoms with van der Waals surface area (Å²) < 4.78 is 5.81. The van der Waals surface area contributed by atoms with Gasteiger partial charge in [0.1, 0.15) is 12.4 Å². The Labute approximate surface area is 168 Å². The summed E-state index contributed by atoms with van der Waals surface area (Å²) in [6, 6.07) is 13.9. The highest BCUT2D eigenvalue weighted by atomic mass is 16.5. The fraction of sp³-hybridized carbons (Fsp3) is 0.435. The molecule has 0 atom stereocenters. The van der Waals surface area contributed by atoms with Crippen LogP contribution < -0.4 is 20.3 Å². The summed E-state index contributed by atoms with van der Waals surface area (Å²) in [7, 11) is 0. The molecule has 2 N–H and O–H groups in total. The van der Waals surface area contributed by atoms with Crippen molar-refractivity contribution in [3.05, 3.63) is 53.6 Å². The molecule has 0 aliphatic carbocycles. The van der Waals surface area contributed by atoms with Gasteiger partial charge in [0.25, 0.3) is 0 Å². The van der Waals surface area contributed by atoms with Gasteiger partial charge in [-0.05, 0) is 68.0 Å². The number of carbonyl (C=O) groups excluding carboxylic acids is 1. The predicted molar refractivity (Wildman–Crippen MR) is 115 cm³/mol. The second kappa shape index (κ2) is 9.49. The van der Waals surface area contributed by atoms with Crippen LogP contribution in [0.25, 0.3) is 0 Å². The molecule has 0 radical (unpaired) electrons. The fourth-order valence-electron chi connectivity index (χ4n) is 3.54. The average Bonchev–Trinajstić information content (AvgIpc) is 2.68. The molecular weight excluding hydrogens is 350 g/mol. The number of ether oxygens (including phenoxy) is 1. The van der Waals surface area contributed by atoms with E-state index in [4.69, 9.17) is 4.74 Å². The van der Waals surface area contributed by atoms with Gasteiger partial charge in [-0.1, -0.05) is 25.1 Å². The molecule has 5 nitrogen and oxygen atoms in total. The van der Waals surface area contributed by atoms with Gasteiger partial charge >= 0.3 is 6.03 Å². The van der Waals surface area contributed by atoms with Crippen LogP contribution in [0.2, 0.25) is 0 Å². The molecule has 0 bridgehead atoms. The maximum atomic E-state index is 12.1. The summed E-state index contributed by atoms with van der Waals surface area (Å²) >= 11 is 0. The molecule has 1 heterocycles. The zero-order valence-corrected chi connectivity index (χ0v) is 17.1. The van der Waals surface area contributed by atoms with Crippen LogP contribution in [-0.4, -0.2) is 32.3 Å². The Kier molecular flexibility index (Phi) is 6.80. The molecule has 2 amide bonds. The Balaban J connectivity index is 1.41. The second-order valence-corrected chi connectivity index (χ2v) is 7.67. The van der Waals surface area contributed by atoms with Crippen LogP contribution in [0.4, 0.5) is 16.2 Å². The maximum absolute atomic E-state index is 12.1. The predicted octanol–water partition coefficient (Wildman–Crippen LogP) is 4.74. The van der Waals surface area contributed by atoms with Crippen molar-refractivity contribution in [2.24, 2.45) is 5.92 Å². The molecule has 2 aromatic carbocycles. The van der Waals surface area contributed by atoms with Crippen LogP contribution in [0.1, 0.15) is 30.9 Å². The lowest BCUT2D eigenvalue weighted by atomic mass is 9.99. The lowest BCUT2D eigenvalue weighted by Gasteiger charge is -2.32. The topological polar surface area (TPSA) is 53.6 Å². The number of amides is 2. The lowest BCUT2D eigenvalue weighted by molar-refractivity contribution is 0.247. The van der Waals surface area contributed by atoms with Crippen molar-refractivity contribution in [2.75, 3.05) is 36.5 Å². The quantitative estimate of drug-likeness (QED) is 0.711. The van der Waals surface area contributed by atoms with Crippen molar-refractivity contribution in [3.8, 4) is 5.75 Å². The molecule has 1 fully saturated rings. The van der Waals surface area contributed by atoms with E-state index in [0.29, 0.717) is 13.2 Å². The minimum atomic E-state index is -0.218. The smallest absolute Gasteiger partial charge is 0.319 e. The molecule has 0 saturated carbocycles. The molecule has 2 aromatic rings. The largest absolute Gasteiger partial charge is 0.491 e. The van der Waals surface area contributed by atoms with Gasteiger partial charge < -0.3 is 20.3 Å². The van der Waals surface area contributed by atoms with Crippen molar-refractivity contribution in [1.82, 2.24) is 5.32 Å². The van der Waals surface area contributed by atoms with Crippen LogP contribution in [0.15, 0.2) is 42.5 Å². The minimum Gasteiger partial charge on any atom is -0.491 e. The van der Waals surface area contributed by atoms with E-state index < -0.39 is 0 Å². The molecule has 1 aliphatic heterocycles. The summed E-state index contributed by atoms with van der Waals surface area (Å²) in [6.45, 7) is 9.46. The normalized spacial score (nSPS) is 14.6. The number of nitrogens with zero attached hydrogens (tertiary/aromatic N) is 1. The average molecular weight is 382 g/mol. The first-order chi connectivity index (χ1) is 13.5. The third-order valence-electron chi connectivity index (χ3n) is 5.32. The van der Waals surface area contributed by atoms with Gasteiger partial charge in [-0.25, -0.2) is 4.79 Å². The van der Waals surface area contributed by atoms with Crippen LogP contribution in [-0.2, 0) is 0 Å². The van der Waals surface area contributed by atoms with E-state index in [9.17, 15) is 4.79 Å². The molecule has 1 saturated heterocycles. The highest BCUT2D eigenvalue weighted by molar-refractivity contribution is 5.89. The first-order valence-corrected chi connectivity index (χ1v) is 10.1. The van der Waals surface area contributed by atoms with Gasteiger partial charge in [0.2, 0.25) is 0 Å². The number of hydrogen-bond acceptors (Lipinski definition) is 3. The Bertz CT molecular complexity index is 761. The molecule has 1 aliphatic rings. The van der Waals surface area contributed by atoms with Crippen molar-refractivity contribution >= 4 is 17.4 Å². The number of para-hydroxylation sites is 1. The van der Waals surface area contributed by atoms with Crippen molar-refractivity contribution in [1.29, 1.82) is 0 Å². The van der Waals surface area contributed by atoms with Crippen LogP contribution >= 0.6 is 0 Å². The summed E-state index contributed by atoms with van der Waals surface area (Å²) in [5, 5.41) is 5.71. The monoisotopic (exact) mass is 381 g/mol. The van der Waals surface area contributed by atoms with Gasteiger partial charge in [-0.3, -0.25) is 0 Å². The Morgan fingerprint density at radius 2 is 1.71 bits per heavy atom. The van der Waals surface area contributed by atoms with E-state index in [2.05, 4.69) is 34.6 Å². The van der Waals surface area contributed by atoms with Gasteiger partial charge in [0.05, 0.1) is 6.54 Å². The minimum absolute atomic E-state index is 0.218. The number of piperidine rings is 1. The van der Waals surface area contributed by atoms with E-state index in [-0.39, 0.29) is 6.03 Å². The number of anilines is 2. The number of nitrogens with one attached hydrogen (secondary N) is 2. The van der Waals surface area contributed by atoms with E-state index >= 15 is 0 Å².